The molecule has 23 heavy (non-hydrogen) atoms. The molecule has 0 spiro atoms. The van der Waals surface area contributed by atoms with Crippen molar-refractivity contribution in [3.8, 4) is 0 Å². The summed E-state index contributed by atoms with van der Waals surface area (Å²) >= 11 is 5.80. The fraction of sp³-hybridized carbons (Fsp3) is 0.167. The van der Waals surface area contributed by atoms with Gasteiger partial charge in [0.1, 0.15) is 0 Å². The van der Waals surface area contributed by atoms with Crippen LogP contribution in [0, 0.1) is 16.0 Å². The molecule has 0 heterocycles. The molecule has 0 saturated carbocycles. The molecule has 4 nitrogen and oxygen atoms in total. The van der Waals surface area contributed by atoms with E-state index < -0.39 is 10.8 Å². The largest absolute Gasteiger partial charge is 0.294 e. The minimum atomic E-state index is -0.451. The molecule has 2 rings (SSSR count). The lowest BCUT2D eigenvalue weighted by Crippen LogP contribution is -2.16. The molecule has 0 aromatic heterocycles. The maximum Gasteiger partial charge on any atom is 0.210 e. The minimum absolute atomic E-state index is 0.0892. The second-order valence-corrected chi connectivity index (χ2v) is 5.62. The highest BCUT2D eigenvalue weighted by atomic mass is 35.5. The molecule has 0 fully saturated rings. The standard InChI is InChI=1S/C18H16ClNO3/c19-17-10-8-16(9-11-17)18(21)12-15(13-20(22)23)7-6-14-4-2-1-3-5-14/h1-11,15H,12-13H2/b7-6+/t15-/m0/s1. The van der Waals surface area contributed by atoms with Gasteiger partial charge >= 0.3 is 0 Å². The first kappa shape index (κ1) is 16.9. The topological polar surface area (TPSA) is 60.2 Å². The summed E-state index contributed by atoms with van der Waals surface area (Å²) in [5.41, 5.74) is 1.45. The Morgan fingerprint density at radius 3 is 2.39 bits per heavy atom. The number of hydrogen-bond acceptors (Lipinski definition) is 3. The van der Waals surface area contributed by atoms with Crippen molar-refractivity contribution < 1.29 is 9.72 Å². The molecule has 0 aliphatic rings. The van der Waals surface area contributed by atoms with E-state index in [-0.39, 0.29) is 18.7 Å². The molecule has 0 amide bonds. The molecule has 0 aliphatic heterocycles. The Kier molecular flexibility index (Phi) is 6.06. The summed E-state index contributed by atoms with van der Waals surface area (Å²) in [5, 5.41) is 11.4. The van der Waals surface area contributed by atoms with E-state index in [0.29, 0.717) is 10.6 Å². The predicted molar refractivity (Wildman–Crippen MR) is 91.2 cm³/mol. The summed E-state index contributed by atoms with van der Waals surface area (Å²) in [7, 11) is 0. The third kappa shape index (κ3) is 5.68. The molecule has 2 aromatic rings. The molecule has 5 heteroatoms. The van der Waals surface area contributed by atoms with Crippen molar-refractivity contribution in [1.29, 1.82) is 0 Å². The van der Waals surface area contributed by atoms with Crippen LogP contribution in [0.15, 0.2) is 60.7 Å². The number of nitrogens with zero attached hydrogens (tertiary/aromatic N) is 1. The van der Waals surface area contributed by atoms with Crippen LogP contribution >= 0.6 is 11.6 Å². The summed E-state index contributed by atoms with van der Waals surface area (Å²) < 4.78 is 0. The quantitative estimate of drug-likeness (QED) is 0.426. The Labute approximate surface area is 139 Å². The maximum atomic E-state index is 12.3. The van der Waals surface area contributed by atoms with E-state index in [1.54, 1.807) is 30.3 Å². The molecular weight excluding hydrogens is 314 g/mol. The Morgan fingerprint density at radius 2 is 1.78 bits per heavy atom. The Balaban J connectivity index is 2.09. The monoisotopic (exact) mass is 329 g/mol. The van der Waals surface area contributed by atoms with Gasteiger partial charge in [-0.25, -0.2) is 0 Å². The normalized spacial score (nSPS) is 12.2. The van der Waals surface area contributed by atoms with E-state index in [1.165, 1.54) is 0 Å². The van der Waals surface area contributed by atoms with Crippen LogP contribution in [-0.2, 0) is 0 Å². The first-order valence-corrected chi connectivity index (χ1v) is 7.56. The molecule has 0 saturated heterocycles. The molecular formula is C18H16ClNO3. The van der Waals surface area contributed by atoms with E-state index in [1.807, 2.05) is 36.4 Å². The van der Waals surface area contributed by atoms with Crippen molar-refractivity contribution in [3.63, 3.8) is 0 Å². The summed E-state index contributed by atoms with van der Waals surface area (Å²) in [6.07, 6.45) is 3.63. The second-order valence-electron chi connectivity index (χ2n) is 5.18. The Hall–Kier alpha value is -2.46. The van der Waals surface area contributed by atoms with E-state index in [4.69, 9.17) is 11.6 Å². The lowest BCUT2D eigenvalue weighted by atomic mass is 9.97. The van der Waals surface area contributed by atoms with Crippen molar-refractivity contribution in [3.05, 3.63) is 86.9 Å². The summed E-state index contributed by atoms with van der Waals surface area (Å²) in [4.78, 5) is 22.7. The predicted octanol–water partition coefficient (Wildman–Crippen LogP) is 4.52. The molecule has 118 valence electrons. The molecule has 0 N–H and O–H groups in total. The third-order valence-electron chi connectivity index (χ3n) is 3.36. The second kappa shape index (κ2) is 8.25. The highest BCUT2D eigenvalue weighted by molar-refractivity contribution is 6.30. The first-order chi connectivity index (χ1) is 11.0. The summed E-state index contributed by atoms with van der Waals surface area (Å²) in [6.45, 7) is -0.275. The van der Waals surface area contributed by atoms with Crippen molar-refractivity contribution >= 4 is 23.5 Å². The molecule has 1 atom stereocenters. The van der Waals surface area contributed by atoms with Crippen LogP contribution in [0.2, 0.25) is 5.02 Å². The lowest BCUT2D eigenvalue weighted by Gasteiger charge is -2.08. The average molecular weight is 330 g/mol. The zero-order chi connectivity index (χ0) is 16.7. The number of nitro groups is 1. The van der Waals surface area contributed by atoms with Crippen molar-refractivity contribution in [2.24, 2.45) is 5.92 Å². The average Bonchev–Trinajstić information content (AvgIpc) is 2.53. The van der Waals surface area contributed by atoms with E-state index in [9.17, 15) is 14.9 Å². The number of halogens is 1. The number of carbonyl (C=O) groups is 1. The smallest absolute Gasteiger partial charge is 0.210 e. The summed E-state index contributed by atoms with van der Waals surface area (Å²) in [6, 6.07) is 16.0. The molecule has 0 radical (unpaired) electrons. The van der Waals surface area contributed by atoms with Crippen LogP contribution in [0.5, 0.6) is 0 Å². The number of benzene rings is 2. The zero-order valence-corrected chi connectivity index (χ0v) is 13.1. The fourth-order valence-electron chi connectivity index (χ4n) is 2.19. The van der Waals surface area contributed by atoms with Gasteiger partial charge in [0.05, 0.1) is 0 Å². The van der Waals surface area contributed by atoms with Gasteiger partial charge in [-0.15, -0.1) is 0 Å². The lowest BCUT2D eigenvalue weighted by molar-refractivity contribution is -0.485. The minimum Gasteiger partial charge on any atom is -0.294 e. The molecule has 0 aliphatic carbocycles. The molecule has 2 aromatic carbocycles. The van der Waals surface area contributed by atoms with Gasteiger partial charge < -0.3 is 0 Å². The number of carbonyl (C=O) groups excluding carboxylic acids is 1. The Bertz CT molecular complexity index is 696. The van der Waals surface area contributed by atoms with Gasteiger partial charge in [0.2, 0.25) is 6.54 Å². The highest BCUT2D eigenvalue weighted by Crippen LogP contribution is 2.16. The third-order valence-corrected chi connectivity index (χ3v) is 3.61. The van der Waals surface area contributed by atoms with Gasteiger partial charge in [0.15, 0.2) is 5.78 Å². The molecule has 0 bridgehead atoms. The van der Waals surface area contributed by atoms with E-state index in [0.717, 1.165) is 5.56 Å². The van der Waals surface area contributed by atoms with Gasteiger partial charge in [-0.3, -0.25) is 14.9 Å². The highest BCUT2D eigenvalue weighted by Gasteiger charge is 2.17. The van der Waals surface area contributed by atoms with E-state index in [2.05, 4.69) is 0 Å². The van der Waals surface area contributed by atoms with Gasteiger partial charge in [0.25, 0.3) is 0 Å². The van der Waals surface area contributed by atoms with Crippen LogP contribution in [-0.4, -0.2) is 17.3 Å². The zero-order valence-electron chi connectivity index (χ0n) is 12.4. The number of rotatable bonds is 7. The number of ketones is 1. The fourth-order valence-corrected chi connectivity index (χ4v) is 2.31. The van der Waals surface area contributed by atoms with Crippen LogP contribution in [0.3, 0.4) is 0 Å². The van der Waals surface area contributed by atoms with Gasteiger partial charge in [-0.1, -0.05) is 54.1 Å². The van der Waals surface area contributed by atoms with Crippen LogP contribution in [0.4, 0.5) is 0 Å². The van der Waals surface area contributed by atoms with Gasteiger partial charge in [-0.2, -0.15) is 0 Å². The van der Waals surface area contributed by atoms with Crippen molar-refractivity contribution in [2.45, 2.75) is 6.42 Å². The van der Waals surface area contributed by atoms with Crippen LogP contribution in [0.1, 0.15) is 22.3 Å². The Morgan fingerprint density at radius 1 is 1.13 bits per heavy atom. The number of hydrogen-bond donors (Lipinski definition) is 0. The van der Waals surface area contributed by atoms with Crippen molar-refractivity contribution in [1.82, 2.24) is 0 Å². The van der Waals surface area contributed by atoms with Crippen molar-refractivity contribution in [2.75, 3.05) is 6.54 Å². The first-order valence-electron chi connectivity index (χ1n) is 7.18. The van der Waals surface area contributed by atoms with Crippen LogP contribution < -0.4 is 0 Å². The number of Topliss-reactive ketones (excluding diaryl/α,β-unsaturated/α-hetero) is 1. The maximum absolute atomic E-state index is 12.3. The van der Waals surface area contributed by atoms with Gasteiger partial charge in [-0.05, 0) is 29.8 Å². The van der Waals surface area contributed by atoms with Crippen LogP contribution in [0.25, 0.3) is 6.08 Å². The SMILES string of the molecule is O=C(C[C@H](/C=C/c1ccccc1)C[N+](=O)[O-])c1ccc(Cl)cc1. The summed E-state index contributed by atoms with van der Waals surface area (Å²) in [5.74, 6) is -0.584. The van der Waals surface area contributed by atoms with E-state index >= 15 is 0 Å². The van der Waals surface area contributed by atoms with Gasteiger partial charge in [0, 0.05) is 27.8 Å². The molecule has 0 unspecified atom stereocenters.